The molecule has 1 aliphatic heterocycles. The van der Waals surface area contributed by atoms with Crippen LogP contribution in [0.15, 0.2) is 6.07 Å². The Morgan fingerprint density at radius 3 is 2.71 bits per heavy atom. The summed E-state index contributed by atoms with van der Waals surface area (Å²) in [4.78, 5) is 6.23. The Morgan fingerprint density at radius 1 is 1.35 bits per heavy atom. The molecule has 94 valence electrons. The molecule has 1 fully saturated rings. The molecule has 1 N–H and O–H groups in total. The third-order valence-electron chi connectivity index (χ3n) is 3.03. The summed E-state index contributed by atoms with van der Waals surface area (Å²) in [6.45, 7) is 3.43. The van der Waals surface area contributed by atoms with E-state index in [0.717, 1.165) is 6.54 Å². The van der Waals surface area contributed by atoms with Gasteiger partial charge in [0.25, 0.3) is 0 Å². The maximum atomic E-state index is 9.68. The van der Waals surface area contributed by atoms with Gasteiger partial charge in [0.05, 0.1) is 16.1 Å². The SMILES string of the molecule is CC1CN(c2nc(Cl)c(Cl)cc2Cl)CCC1O. The zero-order valence-corrected chi connectivity index (χ0v) is 11.6. The van der Waals surface area contributed by atoms with Crippen LogP contribution in [0.5, 0.6) is 0 Å². The Labute approximate surface area is 115 Å². The summed E-state index contributed by atoms with van der Waals surface area (Å²) in [5.41, 5.74) is 0. The van der Waals surface area contributed by atoms with Crippen molar-refractivity contribution >= 4 is 40.6 Å². The van der Waals surface area contributed by atoms with Gasteiger partial charge < -0.3 is 10.0 Å². The monoisotopic (exact) mass is 294 g/mol. The molecule has 2 rings (SSSR count). The molecule has 1 saturated heterocycles. The minimum absolute atomic E-state index is 0.191. The van der Waals surface area contributed by atoms with E-state index >= 15 is 0 Å². The maximum absolute atomic E-state index is 9.68. The lowest BCUT2D eigenvalue weighted by atomic mass is 9.97. The molecule has 2 heterocycles. The van der Waals surface area contributed by atoms with Crippen LogP contribution in [0.25, 0.3) is 0 Å². The molecular weight excluding hydrogens is 282 g/mol. The fourth-order valence-electron chi connectivity index (χ4n) is 1.98. The molecule has 17 heavy (non-hydrogen) atoms. The number of anilines is 1. The second kappa shape index (κ2) is 5.19. The first-order chi connectivity index (χ1) is 7.99. The van der Waals surface area contributed by atoms with Crippen molar-refractivity contribution in [2.45, 2.75) is 19.4 Å². The fourth-order valence-corrected chi connectivity index (χ4v) is 2.60. The standard InChI is InChI=1S/C11H13Cl3N2O/c1-6-5-16(3-2-9(6)17)11-8(13)4-7(12)10(14)15-11/h4,6,9,17H,2-3,5H2,1H3. The molecule has 3 nitrogen and oxygen atoms in total. The lowest BCUT2D eigenvalue weighted by molar-refractivity contribution is 0.0969. The zero-order valence-electron chi connectivity index (χ0n) is 9.33. The first-order valence-electron chi connectivity index (χ1n) is 5.43. The highest BCUT2D eigenvalue weighted by atomic mass is 35.5. The molecule has 0 radical (unpaired) electrons. The number of aromatic nitrogens is 1. The average molecular weight is 296 g/mol. The first kappa shape index (κ1) is 13.2. The molecule has 6 heteroatoms. The Balaban J connectivity index is 2.26. The highest BCUT2D eigenvalue weighted by Crippen LogP contribution is 2.33. The van der Waals surface area contributed by atoms with Gasteiger partial charge in [0.1, 0.15) is 11.0 Å². The third-order valence-corrected chi connectivity index (χ3v) is 3.98. The molecule has 0 spiro atoms. The van der Waals surface area contributed by atoms with Crippen molar-refractivity contribution in [1.82, 2.24) is 4.98 Å². The van der Waals surface area contributed by atoms with Gasteiger partial charge in [0.15, 0.2) is 0 Å². The molecule has 1 aromatic heterocycles. The lowest BCUT2D eigenvalue weighted by Crippen LogP contribution is -2.42. The summed E-state index contributed by atoms with van der Waals surface area (Å²) in [7, 11) is 0. The van der Waals surface area contributed by atoms with Crippen LogP contribution in [0.1, 0.15) is 13.3 Å². The summed E-state index contributed by atoms with van der Waals surface area (Å²) in [5.74, 6) is 0.830. The van der Waals surface area contributed by atoms with E-state index in [4.69, 9.17) is 34.8 Å². The van der Waals surface area contributed by atoms with Crippen molar-refractivity contribution in [3.05, 3.63) is 21.3 Å². The average Bonchev–Trinajstić information content (AvgIpc) is 2.27. The predicted molar refractivity (Wildman–Crippen MR) is 71.3 cm³/mol. The van der Waals surface area contributed by atoms with E-state index in [-0.39, 0.29) is 17.2 Å². The van der Waals surface area contributed by atoms with Crippen molar-refractivity contribution < 1.29 is 5.11 Å². The largest absolute Gasteiger partial charge is 0.393 e. The van der Waals surface area contributed by atoms with E-state index in [1.165, 1.54) is 0 Å². The van der Waals surface area contributed by atoms with Crippen LogP contribution >= 0.6 is 34.8 Å². The van der Waals surface area contributed by atoms with E-state index in [1.54, 1.807) is 6.07 Å². The highest BCUT2D eigenvalue weighted by Gasteiger charge is 2.26. The van der Waals surface area contributed by atoms with Gasteiger partial charge in [-0.15, -0.1) is 0 Å². The van der Waals surface area contributed by atoms with Gasteiger partial charge in [-0.05, 0) is 18.4 Å². The number of aliphatic hydroxyl groups excluding tert-OH is 1. The summed E-state index contributed by atoms with van der Waals surface area (Å²) in [6.07, 6.45) is 0.451. The van der Waals surface area contributed by atoms with Crippen molar-refractivity contribution in [1.29, 1.82) is 0 Å². The molecule has 0 aliphatic carbocycles. The summed E-state index contributed by atoms with van der Waals surface area (Å²) >= 11 is 17.8. The summed E-state index contributed by atoms with van der Waals surface area (Å²) in [6, 6.07) is 1.60. The molecule has 0 aromatic carbocycles. The van der Waals surface area contributed by atoms with Crippen LogP contribution in [-0.2, 0) is 0 Å². The van der Waals surface area contributed by atoms with E-state index in [2.05, 4.69) is 4.98 Å². The normalized spacial score (nSPS) is 25.1. The molecular formula is C11H13Cl3N2O. The summed E-state index contributed by atoms with van der Waals surface area (Å²) in [5, 5.41) is 10.8. The van der Waals surface area contributed by atoms with Crippen molar-refractivity contribution in [3.8, 4) is 0 Å². The van der Waals surface area contributed by atoms with Gasteiger partial charge in [-0.2, -0.15) is 0 Å². The Morgan fingerprint density at radius 2 is 2.06 bits per heavy atom. The van der Waals surface area contributed by atoms with Crippen LogP contribution in [0.4, 0.5) is 5.82 Å². The Kier molecular flexibility index (Phi) is 4.03. The summed E-state index contributed by atoms with van der Waals surface area (Å²) < 4.78 is 0. The topological polar surface area (TPSA) is 36.4 Å². The molecule has 2 unspecified atom stereocenters. The van der Waals surface area contributed by atoms with Crippen molar-refractivity contribution in [2.24, 2.45) is 5.92 Å². The molecule has 0 amide bonds. The second-order valence-electron chi connectivity index (χ2n) is 4.35. The number of pyridine rings is 1. The lowest BCUT2D eigenvalue weighted by Gasteiger charge is -2.35. The van der Waals surface area contributed by atoms with E-state index in [1.807, 2.05) is 11.8 Å². The Hall–Kier alpha value is -0.220. The highest BCUT2D eigenvalue weighted by molar-refractivity contribution is 6.42. The number of piperidine rings is 1. The van der Waals surface area contributed by atoms with E-state index < -0.39 is 0 Å². The fraction of sp³-hybridized carbons (Fsp3) is 0.545. The quantitative estimate of drug-likeness (QED) is 0.808. The van der Waals surface area contributed by atoms with E-state index in [9.17, 15) is 5.11 Å². The van der Waals surface area contributed by atoms with Gasteiger partial charge in [0, 0.05) is 13.1 Å². The number of aliphatic hydroxyl groups is 1. The second-order valence-corrected chi connectivity index (χ2v) is 5.52. The zero-order chi connectivity index (χ0) is 12.6. The molecule has 0 bridgehead atoms. The van der Waals surface area contributed by atoms with Gasteiger partial charge in [-0.3, -0.25) is 0 Å². The van der Waals surface area contributed by atoms with Crippen LogP contribution < -0.4 is 4.90 Å². The number of nitrogens with zero attached hydrogens (tertiary/aromatic N) is 2. The van der Waals surface area contributed by atoms with Crippen molar-refractivity contribution in [3.63, 3.8) is 0 Å². The maximum Gasteiger partial charge on any atom is 0.150 e. The van der Waals surface area contributed by atoms with Crippen LogP contribution in [0, 0.1) is 5.92 Å². The number of rotatable bonds is 1. The molecule has 1 aliphatic rings. The van der Waals surface area contributed by atoms with Crippen LogP contribution in [-0.4, -0.2) is 29.3 Å². The minimum Gasteiger partial charge on any atom is -0.393 e. The number of hydrogen-bond acceptors (Lipinski definition) is 3. The predicted octanol–water partition coefficient (Wildman–Crippen LogP) is 3.25. The molecule has 2 atom stereocenters. The minimum atomic E-state index is -0.257. The first-order valence-corrected chi connectivity index (χ1v) is 6.57. The van der Waals surface area contributed by atoms with Gasteiger partial charge in [-0.25, -0.2) is 4.98 Å². The van der Waals surface area contributed by atoms with Crippen LogP contribution in [0.2, 0.25) is 15.2 Å². The van der Waals surface area contributed by atoms with Crippen LogP contribution in [0.3, 0.4) is 0 Å². The van der Waals surface area contributed by atoms with Gasteiger partial charge in [-0.1, -0.05) is 41.7 Å². The van der Waals surface area contributed by atoms with Gasteiger partial charge in [0.2, 0.25) is 0 Å². The Bertz CT molecular complexity index is 427. The smallest absolute Gasteiger partial charge is 0.150 e. The van der Waals surface area contributed by atoms with Crippen molar-refractivity contribution in [2.75, 3.05) is 18.0 Å². The third kappa shape index (κ3) is 2.79. The van der Waals surface area contributed by atoms with Gasteiger partial charge >= 0.3 is 0 Å². The van der Waals surface area contributed by atoms with E-state index in [0.29, 0.717) is 28.8 Å². The number of halogens is 3. The number of hydrogen-bond donors (Lipinski definition) is 1. The molecule has 1 aromatic rings. The molecule has 0 saturated carbocycles.